The highest BCUT2D eigenvalue weighted by atomic mass is 14.3. The molecule has 1 fully saturated rings. The van der Waals surface area contributed by atoms with Crippen molar-refractivity contribution in [1.82, 2.24) is 0 Å². The van der Waals surface area contributed by atoms with Gasteiger partial charge in [-0.3, -0.25) is 0 Å². The lowest BCUT2D eigenvalue weighted by molar-refractivity contribution is 0.183. The lowest BCUT2D eigenvalue weighted by Gasteiger charge is -2.36. The molecular weight excluding hydrogens is 180 g/mol. The molecule has 0 amide bonds. The topological polar surface area (TPSA) is 0 Å². The highest BCUT2D eigenvalue weighted by Crippen LogP contribution is 2.41. The monoisotopic (exact) mass is 202 g/mol. The van der Waals surface area contributed by atoms with E-state index in [0.29, 0.717) is 11.3 Å². The Hall–Kier alpha value is -0.700. The molecule has 0 aromatic heterocycles. The number of allylic oxidation sites excluding steroid dienone is 2. The molecule has 0 aromatic carbocycles. The largest absolute Gasteiger partial charge is 0.0945 e. The van der Waals surface area contributed by atoms with Crippen LogP contribution in [0.1, 0.15) is 52.4 Å². The van der Waals surface area contributed by atoms with Crippen LogP contribution in [0.25, 0.3) is 0 Å². The Bertz CT molecular complexity index is 302. The van der Waals surface area contributed by atoms with Crippen LogP contribution in [0.15, 0.2) is 12.2 Å². The first-order valence-corrected chi connectivity index (χ1v) is 6.41. The summed E-state index contributed by atoms with van der Waals surface area (Å²) in [5, 5.41) is 0. The molecule has 0 N–H and O–H groups in total. The average molecular weight is 202 g/mol. The molecule has 2 rings (SSSR count). The first-order chi connectivity index (χ1) is 7.23. The third-order valence-electron chi connectivity index (χ3n) is 4.35. The second-order valence-electron chi connectivity index (χ2n) is 5.53. The summed E-state index contributed by atoms with van der Waals surface area (Å²) in [7, 11) is 0. The van der Waals surface area contributed by atoms with Gasteiger partial charge in [0.05, 0.1) is 0 Å². The SMILES string of the molecule is CCC1(C)CCCCC2C=CC#CC2C1. The minimum absolute atomic E-state index is 0.545. The molecule has 0 heteroatoms. The summed E-state index contributed by atoms with van der Waals surface area (Å²) in [5.41, 5.74) is 0.545. The summed E-state index contributed by atoms with van der Waals surface area (Å²) in [6.07, 6.45) is 12.6. The van der Waals surface area contributed by atoms with E-state index in [1.165, 1.54) is 38.5 Å². The van der Waals surface area contributed by atoms with Crippen molar-refractivity contribution in [2.45, 2.75) is 52.4 Å². The van der Waals surface area contributed by atoms with Gasteiger partial charge in [-0.05, 0) is 36.7 Å². The molecule has 15 heavy (non-hydrogen) atoms. The zero-order chi connectivity index (χ0) is 10.7. The van der Waals surface area contributed by atoms with Crippen molar-refractivity contribution in [3.8, 4) is 11.8 Å². The van der Waals surface area contributed by atoms with Gasteiger partial charge in [-0.25, -0.2) is 0 Å². The van der Waals surface area contributed by atoms with E-state index in [4.69, 9.17) is 0 Å². The van der Waals surface area contributed by atoms with Crippen LogP contribution < -0.4 is 0 Å². The van der Waals surface area contributed by atoms with Gasteiger partial charge in [-0.1, -0.05) is 51.0 Å². The molecule has 0 aromatic rings. The van der Waals surface area contributed by atoms with E-state index in [-0.39, 0.29) is 0 Å². The fourth-order valence-electron chi connectivity index (χ4n) is 2.95. The Morgan fingerprint density at radius 3 is 3.07 bits per heavy atom. The zero-order valence-electron chi connectivity index (χ0n) is 10.1. The first-order valence-electron chi connectivity index (χ1n) is 6.41. The van der Waals surface area contributed by atoms with Gasteiger partial charge in [0.15, 0.2) is 0 Å². The number of hydrogen-bond donors (Lipinski definition) is 0. The first kappa shape index (κ1) is 10.8. The summed E-state index contributed by atoms with van der Waals surface area (Å²) in [5.74, 6) is 7.99. The molecule has 0 radical (unpaired) electrons. The van der Waals surface area contributed by atoms with Crippen LogP contribution in [0.4, 0.5) is 0 Å². The lowest BCUT2D eigenvalue weighted by atomic mass is 9.68. The minimum Gasteiger partial charge on any atom is -0.0945 e. The number of hydrogen-bond acceptors (Lipinski definition) is 0. The second kappa shape index (κ2) is 4.44. The summed E-state index contributed by atoms with van der Waals surface area (Å²) in [6.45, 7) is 4.79. The molecular formula is C15H22. The lowest BCUT2D eigenvalue weighted by Crippen LogP contribution is -2.26. The second-order valence-corrected chi connectivity index (χ2v) is 5.53. The number of fused-ring (bicyclic) bond motifs is 1. The predicted octanol–water partition coefficient (Wildman–Crippen LogP) is 4.17. The fourth-order valence-corrected chi connectivity index (χ4v) is 2.95. The van der Waals surface area contributed by atoms with Crippen molar-refractivity contribution in [3.63, 3.8) is 0 Å². The van der Waals surface area contributed by atoms with Gasteiger partial charge in [0.25, 0.3) is 0 Å². The third-order valence-corrected chi connectivity index (χ3v) is 4.35. The van der Waals surface area contributed by atoms with Gasteiger partial charge >= 0.3 is 0 Å². The molecule has 0 nitrogen and oxygen atoms in total. The summed E-state index contributed by atoms with van der Waals surface area (Å²) < 4.78 is 0. The molecule has 2 aliphatic rings. The van der Waals surface area contributed by atoms with Crippen LogP contribution in [-0.2, 0) is 0 Å². The van der Waals surface area contributed by atoms with Crippen LogP contribution in [0.2, 0.25) is 0 Å². The van der Waals surface area contributed by atoms with Crippen molar-refractivity contribution >= 4 is 0 Å². The normalized spacial score (nSPS) is 39.6. The standard InChI is InChI=1S/C15H22/c1-3-15(2)11-7-6-9-13-8-4-5-10-14(13)12-15/h4,8,13-14H,3,6-7,9,11-12H2,1-2H3. The van der Waals surface area contributed by atoms with Gasteiger partial charge in [0.1, 0.15) is 0 Å². The maximum Gasteiger partial charge on any atom is 0.0274 e. The van der Waals surface area contributed by atoms with E-state index in [9.17, 15) is 0 Å². The Morgan fingerprint density at radius 2 is 2.27 bits per heavy atom. The maximum atomic E-state index is 3.44. The summed E-state index contributed by atoms with van der Waals surface area (Å²) >= 11 is 0. The average Bonchev–Trinajstić information content (AvgIpc) is 2.24. The molecule has 0 spiro atoms. The van der Waals surface area contributed by atoms with Crippen LogP contribution in [0.5, 0.6) is 0 Å². The summed E-state index contributed by atoms with van der Waals surface area (Å²) in [6, 6.07) is 0. The van der Waals surface area contributed by atoms with E-state index in [0.717, 1.165) is 5.92 Å². The highest BCUT2D eigenvalue weighted by Gasteiger charge is 2.31. The van der Waals surface area contributed by atoms with Crippen LogP contribution >= 0.6 is 0 Å². The molecule has 3 atom stereocenters. The number of rotatable bonds is 1. The van der Waals surface area contributed by atoms with Crippen molar-refractivity contribution in [3.05, 3.63) is 12.2 Å². The zero-order valence-corrected chi connectivity index (χ0v) is 10.1. The maximum absolute atomic E-state index is 3.44. The quantitative estimate of drug-likeness (QED) is 0.560. The molecule has 0 heterocycles. The van der Waals surface area contributed by atoms with Gasteiger partial charge in [0, 0.05) is 5.92 Å². The Morgan fingerprint density at radius 1 is 1.40 bits per heavy atom. The molecule has 1 saturated carbocycles. The van der Waals surface area contributed by atoms with Crippen molar-refractivity contribution in [2.75, 3.05) is 0 Å². The van der Waals surface area contributed by atoms with E-state index >= 15 is 0 Å². The highest BCUT2D eigenvalue weighted by molar-refractivity contribution is 5.25. The van der Waals surface area contributed by atoms with Crippen LogP contribution in [0, 0.1) is 29.1 Å². The van der Waals surface area contributed by atoms with Gasteiger partial charge in [-0.15, -0.1) is 0 Å². The van der Waals surface area contributed by atoms with Crippen molar-refractivity contribution in [2.24, 2.45) is 17.3 Å². The molecule has 0 saturated heterocycles. The predicted molar refractivity (Wildman–Crippen MR) is 65.4 cm³/mol. The molecule has 0 bridgehead atoms. The Balaban J connectivity index is 2.13. The van der Waals surface area contributed by atoms with Gasteiger partial charge in [-0.2, -0.15) is 0 Å². The Labute approximate surface area is 94.1 Å². The van der Waals surface area contributed by atoms with Crippen LogP contribution in [0.3, 0.4) is 0 Å². The van der Waals surface area contributed by atoms with Crippen molar-refractivity contribution < 1.29 is 0 Å². The summed E-state index contributed by atoms with van der Waals surface area (Å²) in [4.78, 5) is 0. The van der Waals surface area contributed by atoms with Gasteiger partial charge in [0.2, 0.25) is 0 Å². The smallest absolute Gasteiger partial charge is 0.0274 e. The third kappa shape index (κ3) is 2.46. The van der Waals surface area contributed by atoms with E-state index in [1.54, 1.807) is 0 Å². The van der Waals surface area contributed by atoms with Crippen LogP contribution in [-0.4, -0.2) is 0 Å². The molecule has 82 valence electrons. The van der Waals surface area contributed by atoms with Crippen molar-refractivity contribution in [1.29, 1.82) is 0 Å². The fraction of sp³-hybridized carbons (Fsp3) is 0.733. The Kier molecular flexibility index (Phi) is 3.19. The minimum atomic E-state index is 0.545. The van der Waals surface area contributed by atoms with E-state index in [1.807, 2.05) is 0 Å². The van der Waals surface area contributed by atoms with Gasteiger partial charge < -0.3 is 0 Å². The van der Waals surface area contributed by atoms with E-state index in [2.05, 4.69) is 37.8 Å². The van der Waals surface area contributed by atoms with E-state index < -0.39 is 0 Å². The molecule has 2 aliphatic carbocycles. The molecule has 3 unspecified atom stereocenters. The molecule has 0 aliphatic heterocycles.